The van der Waals surface area contributed by atoms with Gasteiger partial charge in [0.25, 0.3) is 20.0 Å². The number of sulfonamides is 2. The van der Waals surface area contributed by atoms with Crippen LogP contribution in [0.2, 0.25) is 0 Å². The van der Waals surface area contributed by atoms with Gasteiger partial charge in [0.15, 0.2) is 11.4 Å². The molecule has 0 saturated carbocycles. The van der Waals surface area contributed by atoms with Crippen LogP contribution in [0.25, 0.3) is 5.69 Å². The molecule has 4 rings (SSSR count). The highest BCUT2D eigenvalue weighted by Gasteiger charge is 2.27. The Bertz CT molecular complexity index is 1500. The Hall–Kier alpha value is -2.41. The minimum Gasteiger partial charge on any atom is -0.253 e. The predicted octanol–water partition coefficient (Wildman–Crippen LogP) is 4.02. The van der Waals surface area contributed by atoms with Crippen molar-refractivity contribution in [1.29, 1.82) is 0 Å². The van der Waals surface area contributed by atoms with Crippen LogP contribution >= 0.6 is 11.3 Å². The summed E-state index contributed by atoms with van der Waals surface area (Å²) in [6.07, 6.45) is 10.8. The number of benzene rings is 1. The van der Waals surface area contributed by atoms with E-state index in [9.17, 15) is 16.8 Å². The number of nitrogens with zero attached hydrogens (tertiary/aromatic N) is 3. The summed E-state index contributed by atoms with van der Waals surface area (Å²) in [5, 5.41) is 11.9. The van der Waals surface area contributed by atoms with Crippen molar-refractivity contribution < 1.29 is 21.4 Å². The molecule has 37 heavy (non-hydrogen) atoms. The molecule has 0 unspecified atom stereocenters. The molecule has 200 valence electrons. The van der Waals surface area contributed by atoms with Crippen LogP contribution in [0, 0.1) is 20.8 Å². The first-order chi connectivity index (χ1) is 17.5. The number of rotatable bonds is 5. The van der Waals surface area contributed by atoms with Crippen LogP contribution in [0.4, 0.5) is 5.13 Å². The maximum Gasteiger partial charge on any atom is 0.267 e. The number of fused-ring (bicyclic) bond motifs is 2. The van der Waals surface area contributed by atoms with Crippen LogP contribution in [-0.4, -0.2) is 27.0 Å². The summed E-state index contributed by atoms with van der Waals surface area (Å²) < 4.78 is 52.8. The largest absolute Gasteiger partial charge is 0.267 e. The summed E-state index contributed by atoms with van der Waals surface area (Å²) in [6, 6.07) is 6.71. The van der Waals surface area contributed by atoms with Gasteiger partial charge in [0.05, 0.1) is 4.90 Å². The molecule has 3 aromatic rings. The predicted molar refractivity (Wildman–Crippen MR) is 144 cm³/mol. The van der Waals surface area contributed by atoms with E-state index in [4.69, 9.17) is 5.14 Å². The first-order valence-corrected chi connectivity index (χ1v) is 16.4. The second kappa shape index (κ2) is 11.1. The minimum absolute atomic E-state index is 0.0376. The van der Waals surface area contributed by atoms with E-state index in [2.05, 4.69) is 40.3 Å². The van der Waals surface area contributed by atoms with E-state index < -0.39 is 24.4 Å². The lowest BCUT2D eigenvalue weighted by atomic mass is 9.91. The molecule has 3 N–H and O–H groups in total. The number of nitrogens with two attached hydrogens (primary N) is 1. The fraction of sp³-hybridized carbons (Fsp3) is 0.480. The maximum atomic E-state index is 12.9. The Morgan fingerprint density at radius 3 is 2.03 bits per heavy atom. The van der Waals surface area contributed by atoms with Gasteiger partial charge < -0.3 is 0 Å². The molecule has 0 spiro atoms. The van der Waals surface area contributed by atoms with E-state index in [1.807, 2.05) is 12.1 Å². The smallest absolute Gasteiger partial charge is 0.253 e. The lowest BCUT2D eigenvalue weighted by Gasteiger charge is -2.18. The lowest BCUT2D eigenvalue weighted by Crippen LogP contribution is -2.41. The monoisotopic (exact) mass is 564 g/mol. The van der Waals surface area contributed by atoms with Gasteiger partial charge in [-0.3, -0.25) is 4.72 Å². The molecule has 0 amide bonds. The number of primary sulfonamides is 1. The Kier molecular flexibility index (Phi) is 8.32. The van der Waals surface area contributed by atoms with Gasteiger partial charge in [0, 0.05) is 36.6 Å². The minimum atomic E-state index is -4.06. The van der Waals surface area contributed by atoms with E-state index in [-0.39, 0.29) is 10.0 Å². The second-order valence-electron chi connectivity index (χ2n) is 9.59. The van der Waals surface area contributed by atoms with Crippen LogP contribution in [0.1, 0.15) is 73.0 Å². The van der Waals surface area contributed by atoms with Crippen LogP contribution in [-0.2, 0) is 32.9 Å². The Labute approximate surface area is 223 Å². The number of nitrogens with one attached hydrogen (secondary N) is 1. The highest BCUT2D eigenvalue weighted by Crippen LogP contribution is 2.26. The molecule has 0 radical (unpaired) electrons. The van der Waals surface area contributed by atoms with E-state index in [0.29, 0.717) is 11.3 Å². The van der Waals surface area contributed by atoms with E-state index in [0.717, 1.165) is 24.9 Å². The third kappa shape index (κ3) is 6.19. The van der Waals surface area contributed by atoms with Crippen molar-refractivity contribution in [3.63, 3.8) is 0 Å². The quantitative estimate of drug-likeness (QED) is 0.449. The van der Waals surface area contributed by atoms with Crippen LogP contribution in [0.3, 0.4) is 0 Å². The first-order valence-electron chi connectivity index (χ1n) is 12.5. The molecule has 0 atom stereocenters. The molecular formula is C25H34N5O4S3+. The number of hydrogen-bond donors (Lipinski definition) is 2. The SMILES string of the molecule is Cc1c2c(C)c([n+](-c3ccc(S(=O)(=O)Nc4nnc(S(N)(=O)=O)s4)cc3)c1C)CCCCCCCCC2. The van der Waals surface area contributed by atoms with Gasteiger partial charge in [-0.2, -0.15) is 4.57 Å². The summed E-state index contributed by atoms with van der Waals surface area (Å²) in [7, 11) is -8.06. The van der Waals surface area contributed by atoms with Gasteiger partial charge in [-0.15, -0.1) is 10.2 Å². The van der Waals surface area contributed by atoms with Crippen molar-refractivity contribution >= 4 is 36.5 Å². The average Bonchev–Trinajstić information content (AvgIpc) is 3.31. The van der Waals surface area contributed by atoms with Crippen LogP contribution < -0.4 is 14.4 Å². The average molecular weight is 565 g/mol. The highest BCUT2D eigenvalue weighted by molar-refractivity contribution is 7.93. The van der Waals surface area contributed by atoms with Gasteiger partial charge in [-0.05, 0) is 50.8 Å². The van der Waals surface area contributed by atoms with Gasteiger partial charge >= 0.3 is 0 Å². The van der Waals surface area contributed by atoms with Crippen molar-refractivity contribution in [2.45, 2.75) is 87.8 Å². The molecule has 0 saturated heterocycles. The molecule has 0 aliphatic heterocycles. The Balaban J connectivity index is 1.68. The van der Waals surface area contributed by atoms with Crippen molar-refractivity contribution in [1.82, 2.24) is 10.2 Å². The van der Waals surface area contributed by atoms with Crippen molar-refractivity contribution in [2.24, 2.45) is 5.14 Å². The molecular weight excluding hydrogens is 531 g/mol. The molecule has 12 heteroatoms. The molecule has 1 aliphatic carbocycles. The fourth-order valence-corrected chi connectivity index (χ4v) is 7.59. The summed E-state index contributed by atoms with van der Waals surface area (Å²) in [4.78, 5) is 0.0376. The molecule has 2 aromatic heterocycles. The van der Waals surface area contributed by atoms with Gasteiger partial charge in [0.2, 0.25) is 15.2 Å². The van der Waals surface area contributed by atoms with E-state index in [1.165, 1.54) is 66.6 Å². The molecule has 9 nitrogen and oxygen atoms in total. The van der Waals surface area contributed by atoms with Crippen LogP contribution in [0.15, 0.2) is 33.5 Å². The standard InChI is InChI=1S/C25H34N5O4S3/c1-17-19(3)30(23-12-10-8-6-4-5-7-9-11-22(17)18(23)2)20-13-15-21(16-14-20)37(33,34)29-24-27-28-25(35-24)36(26,31)32/h13-16H,4-12H2,1-3H3,(H,27,29)(H2,26,31,32)/q+1. The zero-order valence-corrected chi connectivity index (χ0v) is 23.9. The zero-order valence-electron chi connectivity index (χ0n) is 21.5. The summed E-state index contributed by atoms with van der Waals surface area (Å²) in [5.74, 6) is 0. The lowest BCUT2D eigenvalue weighted by molar-refractivity contribution is -0.612. The third-order valence-electron chi connectivity index (χ3n) is 7.10. The van der Waals surface area contributed by atoms with Crippen molar-refractivity contribution in [3.05, 3.63) is 52.3 Å². The number of aromatic nitrogens is 3. The van der Waals surface area contributed by atoms with Gasteiger partial charge in [-0.25, -0.2) is 22.0 Å². The summed E-state index contributed by atoms with van der Waals surface area (Å²) >= 11 is 0.559. The second-order valence-corrected chi connectivity index (χ2v) is 14.0. The number of hydrogen-bond acceptors (Lipinski definition) is 7. The molecule has 1 aromatic carbocycles. The molecule has 0 fully saturated rings. The third-order valence-corrected chi connectivity index (χ3v) is 10.7. The fourth-order valence-electron chi connectivity index (χ4n) is 5.03. The molecule has 2 bridgehead atoms. The Morgan fingerprint density at radius 1 is 0.838 bits per heavy atom. The van der Waals surface area contributed by atoms with Crippen molar-refractivity contribution in [2.75, 3.05) is 4.72 Å². The van der Waals surface area contributed by atoms with Crippen LogP contribution in [0.5, 0.6) is 0 Å². The summed E-state index contributed by atoms with van der Waals surface area (Å²) in [5.41, 5.74) is 7.44. The Morgan fingerprint density at radius 2 is 1.43 bits per heavy atom. The number of anilines is 1. The topological polar surface area (TPSA) is 136 Å². The van der Waals surface area contributed by atoms with Crippen molar-refractivity contribution in [3.8, 4) is 5.69 Å². The first kappa shape index (κ1) is 27.6. The van der Waals surface area contributed by atoms with E-state index >= 15 is 0 Å². The maximum absolute atomic E-state index is 12.9. The molecule has 1 aliphatic rings. The summed E-state index contributed by atoms with van der Waals surface area (Å²) in [6.45, 7) is 6.54. The van der Waals surface area contributed by atoms with Gasteiger partial charge in [-0.1, -0.05) is 43.4 Å². The normalized spacial score (nSPS) is 15.6. The van der Waals surface area contributed by atoms with Gasteiger partial charge in [0.1, 0.15) is 0 Å². The highest BCUT2D eigenvalue weighted by atomic mass is 32.2. The zero-order chi connectivity index (χ0) is 26.8. The molecule has 2 heterocycles. The van der Waals surface area contributed by atoms with E-state index in [1.54, 1.807) is 12.1 Å². The number of pyridine rings is 1.